The third-order valence-electron chi connectivity index (χ3n) is 8.85. The zero-order valence-electron chi connectivity index (χ0n) is 29.3. The topological polar surface area (TPSA) is 97.3 Å². The van der Waals surface area contributed by atoms with E-state index in [0.29, 0.717) is 29.3 Å². The van der Waals surface area contributed by atoms with Crippen molar-refractivity contribution < 1.29 is 28.2 Å². The lowest BCUT2D eigenvalue weighted by Crippen LogP contribution is -2.48. The number of carbonyl (C=O) groups excluding carboxylic acids is 3. The number of benzene rings is 3. The number of nitrogens with one attached hydrogen (secondary N) is 1. The summed E-state index contributed by atoms with van der Waals surface area (Å²) in [6.45, 7) is 12.3. The third kappa shape index (κ3) is 9.09. The first-order chi connectivity index (χ1) is 23.1. The van der Waals surface area contributed by atoms with Gasteiger partial charge in [0, 0.05) is 5.56 Å². The number of ketones is 1. The van der Waals surface area contributed by atoms with Gasteiger partial charge in [0.25, 0.3) is 0 Å². The highest BCUT2D eigenvalue weighted by Gasteiger charge is 2.56. The summed E-state index contributed by atoms with van der Waals surface area (Å²) in [5, 5.41) is 3.62. The number of aliphatic imine (C=N–C) groups is 1. The fourth-order valence-electron chi connectivity index (χ4n) is 6.02. The highest BCUT2D eigenvalue weighted by molar-refractivity contribution is 8.13. The summed E-state index contributed by atoms with van der Waals surface area (Å²) < 4.78 is 24.9. The summed E-state index contributed by atoms with van der Waals surface area (Å²) in [5.41, 5.74) is 3.17. The van der Waals surface area contributed by atoms with Gasteiger partial charge in [-0.1, -0.05) is 57.2 Å². The van der Waals surface area contributed by atoms with Gasteiger partial charge in [0.15, 0.2) is 5.78 Å². The molecule has 0 radical (unpaired) electrons. The molecule has 0 aromatic heterocycles. The van der Waals surface area contributed by atoms with E-state index in [1.54, 1.807) is 20.8 Å². The van der Waals surface area contributed by atoms with Crippen LogP contribution in [0, 0.1) is 5.82 Å². The summed E-state index contributed by atoms with van der Waals surface area (Å²) in [5.74, 6) is -0.535. The fraction of sp³-hybridized carbons (Fsp3) is 0.436. The minimum Gasteiger partial charge on any atom is -0.444 e. The Bertz CT molecular complexity index is 1710. The highest BCUT2D eigenvalue weighted by Crippen LogP contribution is 2.53. The molecule has 5 rings (SSSR count). The Morgan fingerprint density at radius 3 is 2.31 bits per heavy atom. The van der Waals surface area contributed by atoms with Gasteiger partial charge in [-0.2, -0.15) is 0 Å². The van der Waals surface area contributed by atoms with Gasteiger partial charge >= 0.3 is 12.2 Å². The number of hydrogen-bond acceptors (Lipinski definition) is 7. The van der Waals surface area contributed by atoms with Crippen LogP contribution in [-0.4, -0.2) is 58.5 Å². The van der Waals surface area contributed by atoms with Crippen molar-refractivity contribution in [2.24, 2.45) is 4.99 Å². The first kappa shape index (κ1) is 36.1. The molecule has 1 saturated carbocycles. The van der Waals surface area contributed by atoms with Crippen molar-refractivity contribution in [3.63, 3.8) is 0 Å². The molecule has 3 aromatic rings. The summed E-state index contributed by atoms with van der Waals surface area (Å²) in [4.78, 5) is 45.7. The Kier molecular flexibility index (Phi) is 10.6. The van der Waals surface area contributed by atoms with Gasteiger partial charge in [-0.3, -0.25) is 9.69 Å². The van der Waals surface area contributed by atoms with Crippen LogP contribution in [0.5, 0.6) is 0 Å². The molecule has 1 N–H and O–H groups in total. The van der Waals surface area contributed by atoms with Crippen LogP contribution in [0.4, 0.5) is 19.7 Å². The van der Waals surface area contributed by atoms with Crippen LogP contribution in [0.25, 0.3) is 0 Å². The zero-order chi connectivity index (χ0) is 35.6. The first-order valence-electron chi connectivity index (χ1n) is 16.6. The number of thioether (sulfide) groups is 1. The maximum atomic E-state index is 13.5. The molecule has 49 heavy (non-hydrogen) atoms. The predicted molar refractivity (Wildman–Crippen MR) is 192 cm³/mol. The Balaban J connectivity index is 1.32. The number of carbonyl (C=O) groups is 3. The number of amides is 2. The van der Waals surface area contributed by atoms with E-state index in [4.69, 9.17) is 9.47 Å². The second kappa shape index (κ2) is 14.4. The van der Waals surface area contributed by atoms with Crippen LogP contribution >= 0.6 is 11.8 Å². The van der Waals surface area contributed by atoms with E-state index >= 15 is 0 Å². The van der Waals surface area contributed by atoms with Crippen molar-refractivity contribution in [1.82, 2.24) is 10.2 Å². The lowest BCUT2D eigenvalue weighted by atomic mass is 9.85. The average molecular weight is 688 g/mol. The van der Waals surface area contributed by atoms with Crippen molar-refractivity contribution in [1.29, 1.82) is 0 Å². The minimum absolute atomic E-state index is 0.0260. The van der Waals surface area contributed by atoms with Crippen LogP contribution in [0.1, 0.15) is 87.9 Å². The van der Waals surface area contributed by atoms with Gasteiger partial charge in [0.2, 0.25) is 0 Å². The molecule has 2 atom stereocenters. The smallest absolute Gasteiger partial charge is 0.411 e. The SMILES string of the molecule is CSC(CC(=O)c1ccc(F)cc1)=Nc1ccc(C[C@H](NC(=O)OC(C)(C)C)[C@H]2CN(C3(c4cccc(C(C)(C)C)c4)CC3)C(=O)O2)cc1. The van der Waals surface area contributed by atoms with E-state index in [1.807, 2.05) is 35.4 Å². The molecule has 260 valence electrons. The van der Waals surface area contributed by atoms with Crippen molar-refractivity contribution in [3.8, 4) is 0 Å². The first-order valence-corrected chi connectivity index (χ1v) is 17.9. The minimum atomic E-state index is -0.699. The van der Waals surface area contributed by atoms with Crippen LogP contribution in [0.2, 0.25) is 0 Å². The number of ether oxygens (including phenoxy) is 2. The van der Waals surface area contributed by atoms with Crippen molar-refractivity contribution in [2.45, 2.75) is 95.9 Å². The molecule has 0 unspecified atom stereocenters. The number of halogens is 1. The van der Waals surface area contributed by atoms with Crippen LogP contribution in [-0.2, 0) is 26.8 Å². The average Bonchev–Trinajstić information content (AvgIpc) is 3.75. The summed E-state index contributed by atoms with van der Waals surface area (Å²) in [6, 6.07) is 20.9. The molecule has 2 amide bonds. The molecule has 1 heterocycles. The maximum Gasteiger partial charge on any atom is 0.411 e. The van der Waals surface area contributed by atoms with Crippen LogP contribution in [0.15, 0.2) is 77.8 Å². The Morgan fingerprint density at radius 2 is 1.71 bits per heavy atom. The van der Waals surface area contributed by atoms with E-state index in [2.05, 4.69) is 55.3 Å². The van der Waals surface area contributed by atoms with E-state index in [-0.39, 0.29) is 23.7 Å². The molecule has 1 saturated heterocycles. The van der Waals surface area contributed by atoms with E-state index in [1.165, 1.54) is 41.6 Å². The molecule has 2 fully saturated rings. The lowest BCUT2D eigenvalue weighted by molar-refractivity contribution is 0.0436. The lowest BCUT2D eigenvalue weighted by Gasteiger charge is -2.29. The van der Waals surface area contributed by atoms with Crippen molar-refractivity contribution in [3.05, 3.63) is 101 Å². The molecule has 2 aliphatic rings. The highest BCUT2D eigenvalue weighted by atomic mass is 32.2. The number of rotatable bonds is 10. The van der Waals surface area contributed by atoms with E-state index in [9.17, 15) is 18.8 Å². The maximum absolute atomic E-state index is 13.5. The number of cyclic esters (lactones) is 1. The monoisotopic (exact) mass is 687 g/mol. The molecule has 1 aliphatic carbocycles. The van der Waals surface area contributed by atoms with Gasteiger partial charge in [-0.15, -0.1) is 11.8 Å². The van der Waals surface area contributed by atoms with Crippen molar-refractivity contribution >= 4 is 40.5 Å². The van der Waals surface area contributed by atoms with Gasteiger partial charge < -0.3 is 14.8 Å². The molecule has 1 aliphatic heterocycles. The second-order valence-electron chi connectivity index (χ2n) is 14.8. The Hall–Kier alpha value is -4.18. The molecular weight excluding hydrogens is 642 g/mol. The Morgan fingerprint density at radius 1 is 1.04 bits per heavy atom. The number of hydrogen-bond donors (Lipinski definition) is 1. The second-order valence-corrected chi connectivity index (χ2v) is 15.7. The quantitative estimate of drug-likeness (QED) is 0.130. The molecule has 3 aromatic carbocycles. The largest absolute Gasteiger partial charge is 0.444 e. The van der Waals surface area contributed by atoms with Crippen LogP contribution in [0.3, 0.4) is 0 Å². The van der Waals surface area contributed by atoms with Gasteiger partial charge in [-0.25, -0.2) is 19.0 Å². The predicted octanol–water partition coefficient (Wildman–Crippen LogP) is 8.74. The molecule has 0 bridgehead atoms. The van der Waals surface area contributed by atoms with Gasteiger partial charge in [0.1, 0.15) is 17.5 Å². The van der Waals surface area contributed by atoms with E-state index in [0.717, 1.165) is 24.0 Å². The number of alkyl carbamates (subject to hydrolysis) is 1. The fourth-order valence-corrected chi connectivity index (χ4v) is 6.50. The van der Waals surface area contributed by atoms with Gasteiger partial charge in [-0.05, 0) is 105 Å². The summed E-state index contributed by atoms with van der Waals surface area (Å²) in [6.07, 6.45) is 2.48. The third-order valence-corrected chi connectivity index (χ3v) is 9.56. The molecular formula is C39H46FN3O5S. The summed E-state index contributed by atoms with van der Waals surface area (Å²) in [7, 11) is 0. The number of nitrogens with zero attached hydrogens (tertiary/aromatic N) is 2. The molecule has 10 heteroatoms. The molecule has 8 nitrogen and oxygen atoms in total. The molecule has 0 spiro atoms. The van der Waals surface area contributed by atoms with Crippen LogP contribution < -0.4 is 5.32 Å². The Labute approximate surface area is 292 Å². The van der Waals surface area contributed by atoms with E-state index < -0.39 is 35.2 Å². The summed E-state index contributed by atoms with van der Waals surface area (Å²) >= 11 is 1.38. The van der Waals surface area contributed by atoms with Gasteiger partial charge in [0.05, 0.1) is 35.3 Å². The zero-order valence-corrected chi connectivity index (χ0v) is 30.2. The standard InChI is InChI=1S/C39H46FN3O5S/c1-37(2,3)27-9-8-10-28(22-27)39(19-20-39)43-24-33(47-36(43)46)31(42-35(45)48-38(4,5)6)21-25-11-17-30(18-12-25)41-34(49-7)23-32(44)26-13-15-29(40)16-14-26/h8-18,22,31,33H,19-21,23-24H2,1-7H3,(H,42,45)/t31-,33+/m0/s1. The normalized spacial score (nSPS) is 18.1. The van der Waals surface area contributed by atoms with Crippen molar-refractivity contribution in [2.75, 3.05) is 12.8 Å². The number of Topliss-reactive ketones (excluding diaryl/α,β-unsaturated/α-hetero) is 1.